The van der Waals surface area contributed by atoms with Crippen LogP contribution >= 0.6 is 11.8 Å². The topological polar surface area (TPSA) is 83.9 Å². The summed E-state index contributed by atoms with van der Waals surface area (Å²) in [6.07, 6.45) is 3.19. The first-order chi connectivity index (χ1) is 7.47. The highest BCUT2D eigenvalue weighted by Crippen LogP contribution is 2.17. The fraction of sp³-hybridized carbons (Fsp3) is 0.100. The SMILES string of the molecule is CSc1ccc(C=C(C#N)S(N)(=O)=O)cc1. The number of benzene rings is 1. The van der Waals surface area contributed by atoms with Gasteiger partial charge in [-0.15, -0.1) is 11.8 Å². The molecule has 0 atom stereocenters. The van der Waals surface area contributed by atoms with Gasteiger partial charge >= 0.3 is 0 Å². The van der Waals surface area contributed by atoms with Crippen molar-refractivity contribution in [3.8, 4) is 6.07 Å². The average molecular weight is 254 g/mol. The summed E-state index contributed by atoms with van der Waals surface area (Å²) in [6.45, 7) is 0. The fourth-order valence-electron chi connectivity index (χ4n) is 1.03. The highest BCUT2D eigenvalue weighted by atomic mass is 32.2. The normalized spacial score (nSPS) is 12.2. The van der Waals surface area contributed by atoms with E-state index >= 15 is 0 Å². The molecule has 0 amide bonds. The maximum Gasteiger partial charge on any atom is 0.248 e. The van der Waals surface area contributed by atoms with Crippen molar-refractivity contribution in [1.82, 2.24) is 0 Å². The summed E-state index contributed by atoms with van der Waals surface area (Å²) in [5.74, 6) is 0. The summed E-state index contributed by atoms with van der Waals surface area (Å²) < 4.78 is 21.9. The standard InChI is InChI=1S/C10H10N2O2S2/c1-15-9-4-2-8(3-5-9)6-10(7-11)16(12,13)14/h2-6H,1H3,(H2,12,13,14). The number of nitrogens with two attached hydrogens (primary N) is 1. The Hall–Kier alpha value is -1.29. The van der Waals surface area contributed by atoms with Gasteiger partial charge in [-0.3, -0.25) is 0 Å². The van der Waals surface area contributed by atoms with Crippen molar-refractivity contribution in [2.75, 3.05) is 6.26 Å². The van der Waals surface area contributed by atoms with Crippen LogP contribution < -0.4 is 5.14 Å². The first kappa shape index (κ1) is 12.8. The second-order valence-electron chi connectivity index (χ2n) is 2.94. The molecule has 0 heterocycles. The molecule has 16 heavy (non-hydrogen) atoms. The number of nitrogens with zero attached hydrogens (tertiary/aromatic N) is 1. The molecule has 1 rings (SSSR count). The second-order valence-corrected chi connectivity index (χ2v) is 5.35. The molecule has 0 aliphatic carbocycles. The van der Waals surface area contributed by atoms with Crippen LogP contribution in [0.3, 0.4) is 0 Å². The summed E-state index contributed by atoms with van der Waals surface area (Å²) in [4.78, 5) is 0.621. The molecule has 0 bridgehead atoms. The third-order valence-corrected chi connectivity index (χ3v) is 3.40. The molecule has 2 N–H and O–H groups in total. The molecule has 0 aliphatic heterocycles. The van der Waals surface area contributed by atoms with E-state index in [0.29, 0.717) is 5.56 Å². The minimum Gasteiger partial charge on any atom is -0.224 e. The highest BCUT2D eigenvalue weighted by molar-refractivity contribution is 7.98. The summed E-state index contributed by atoms with van der Waals surface area (Å²) in [6, 6.07) is 8.71. The van der Waals surface area contributed by atoms with E-state index in [9.17, 15) is 8.42 Å². The minimum atomic E-state index is -3.93. The van der Waals surface area contributed by atoms with Gasteiger partial charge in [0.05, 0.1) is 0 Å². The lowest BCUT2D eigenvalue weighted by molar-refractivity contribution is 0.605. The van der Waals surface area contributed by atoms with Crippen molar-refractivity contribution in [2.24, 2.45) is 5.14 Å². The van der Waals surface area contributed by atoms with E-state index in [4.69, 9.17) is 10.4 Å². The van der Waals surface area contributed by atoms with Crippen LogP contribution in [0.15, 0.2) is 34.1 Å². The number of thioether (sulfide) groups is 1. The van der Waals surface area contributed by atoms with Crippen LogP contribution in [0.2, 0.25) is 0 Å². The predicted octanol–water partition coefficient (Wildman–Crippen LogP) is 1.56. The van der Waals surface area contributed by atoms with Crippen molar-refractivity contribution < 1.29 is 8.42 Å². The van der Waals surface area contributed by atoms with E-state index in [1.807, 2.05) is 18.4 Å². The van der Waals surface area contributed by atoms with Gasteiger partial charge < -0.3 is 0 Å². The smallest absolute Gasteiger partial charge is 0.224 e. The Balaban J connectivity index is 3.12. The first-order valence-corrected chi connectivity index (χ1v) is 7.03. The van der Waals surface area contributed by atoms with Gasteiger partial charge in [0, 0.05) is 4.90 Å². The van der Waals surface area contributed by atoms with E-state index in [1.54, 1.807) is 30.0 Å². The van der Waals surface area contributed by atoms with Crippen molar-refractivity contribution >= 4 is 27.9 Å². The zero-order chi connectivity index (χ0) is 12.2. The molecule has 84 valence electrons. The number of hydrogen-bond acceptors (Lipinski definition) is 4. The molecular weight excluding hydrogens is 244 g/mol. The number of allylic oxidation sites excluding steroid dienone is 1. The highest BCUT2D eigenvalue weighted by Gasteiger charge is 2.10. The fourth-order valence-corrected chi connectivity index (χ4v) is 1.87. The van der Waals surface area contributed by atoms with Crippen LogP contribution in [-0.4, -0.2) is 14.7 Å². The number of sulfonamides is 1. The van der Waals surface area contributed by atoms with Crippen LogP contribution in [0.1, 0.15) is 5.56 Å². The minimum absolute atomic E-state index is 0.440. The molecule has 0 saturated carbocycles. The van der Waals surface area contributed by atoms with E-state index in [2.05, 4.69) is 0 Å². The Bertz CT molecular complexity index is 539. The van der Waals surface area contributed by atoms with Gasteiger partial charge in [-0.05, 0) is 30.0 Å². The summed E-state index contributed by atoms with van der Waals surface area (Å²) >= 11 is 1.58. The molecule has 1 aromatic rings. The third kappa shape index (κ3) is 3.38. The lowest BCUT2D eigenvalue weighted by Crippen LogP contribution is -2.13. The molecule has 6 heteroatoms. The molecule has 0 fully saturated rings. The Kier molecular flexibility index (Phi) is 4.12. The van der Waals surface area contributed by atoms with Crippen molar-refractivity contribution in [3.63, 3.8) is 0 Å². The second kappa shape index (κ2) is 5.16. The molecule has 0 saturated heterocycles. The Morgan fingerprint density at radius 2 is 2.00 bits per heavy atom. The van der Waals surface area contributed by atoms with Crippen LogP contribution in [0, 0.1) is 11.3 Å². The van der Waals surface area contributed by atoms with Gasteiger partial charge in [0.1, 0.15) is 6.07 Å². The maximum atomic E-state index is 11.0. The van der Waals surface area contributed by atoms with Crippen LogP contribution in [0.25, 0.3) is 6.08 Å². The van der Waals surface area contributed by atoms with Crippen LogP contribution in [0.4, 0.5) is 0 Å². The van der Waals surface area contributed by atoms with Gasteiger partial charge in [0.25, 0.3) is 0 Å². The van der Waals surface area contributed by atoms with Gasteiger partial charge in [0.15, 0.2) is 4.91 Å². The molecule has 0 aliphatic rings. The maximum absolute atomic E-state index is 11.0. The number of nitriles is 1. The van der Waals surface area contributed by atoms with Gasteiger partial charge in [-0.25, -0.2) is 13.6 Å². The summed E-state index contributed by atoms with van der Waals surface area (Å²) in [7, 11) is -3.93. The van der Waals surface area contributed by atoms with Crippen LogP contribution in [-0.2, 0) is 10.0 Å². The monoisotopic (exact) mass is 254 g/mol. The molecular formula is C10H10N2O2S2. The molecule has 4 nitrogen and oxygen atoms in total. The lowest BCUT2D eigenvalue weighted by Gasteiger charge is -1.98. The van der Waals surface area contributed by atoms with Gasteiger partial charge in [-0.2, -0.15) is 5.26 Å². The number of primary sulfonamides is 1. The number of hydrogen-bond donors (Lipinski definition) is 1. The molecule has 0 aromatic heterocycles. The average Bonchev–Trinajstić information content (AvgIpc) is 2.25. The van der Waals surface area contributed by atoms with Gasteiger partial charge in [-0.1, -0.05) is 12.1 Å². The Morgan fingerprint density at radius 1 is 1.44 bits per heavy atom. The largest absolute Gasteiger partial charge is 0.248 e. The van der Waals surface area contributed by atoms with E-state index < -0.39 is 14.9 Å². The van der Waals surface area contributed by atoms with E-state index in [-0.39, 0.29) is 0 Å². The molecule has 0 unspecified atom stereocenters. The van der Waals surface area contributed by atoms with Crippen molar-refractivity contribution in [3.05, 3.63) is 34.7 Å². The Morgan fingerprint density at radius 3 is 2.38 bits per heavy atom. The van der Waals surface area contributed by atoms with Crippen molar-refractivity contribution in [1.29, 1.82) is 5.26 Å². The summed E-state index contributed by atoms with van der Waals surface area (Å²) in [5.41, 5.74) is 0.628. The van der Waals surface area contributed by atoms with Crippen LogP contribution in [0.5, 0.6) is 0 Å². The molecule has 0 radical (unpaired) electrons. The van der Waals surface area contributed by atoms with E-state index in [1.165, 1.54) is 6.08 Å². The van der Waals surface area contributed by atoms with Crippen molar-refractivity contribution in [2.45, 2.75) is 4.90 Å². The summed E-state index contributed by atoms with van der Waals surface area (Å²) in [5, 5.41) is 13.5. The third-order valence-electron chi connectivity index (χ3n) is 1.83. The van der Waals surface area contributed by atoms with Gasteiger partial charge in [0.2, 0.25) is 10.0 Å². The lowest BCUT2D eigenvalue weighted by atomic mass is 10.2. The Labute approximate surface area is 98.8 Å². The zero-order valence-corrected chi connectivity index (χ0v) is 10.2. The first-order valence-electron chi connectivity index (χ1n) is 4.26. The molecule has 0 spiro atoms. The predicted molar refractivity (Wildman–Crippen MR) is 64.9 cm³/mol. The molecule has 1 aromatic carbocycles. The zero-order valence-electron chi connectivity index (χ0n) is 8.54. The quantitative estimate of drug-likeness (QED) is 0.655. The number of rotatable bonds is 3. The van der Waals surface area contributed by atoms with E-state index in [0.717, 1.165) is 4.90 Å².